The van der Waals surface area contributed by atoms with Crippen molar-refractivity contribution in [2.75, 3.05) is 20.3 Å². The summed E-state index contributed by atoms with van der Waals surface area (Å²) in [5.74, 6) is -0.876. The topological polar surface area (TPSA) is 85.2 Å². The molecular formula is C13H16O6. The molecule has 2 atom stereocenters. The zero-order valence-corrected chi connectivity index (χ0v) is 10.5. The molecule has 1 saturated heterocycles. The minimum Gasteiger partial charge on any atom is -0.467 e. The van der Waals surface area contributed by atoms with Crippen LogP contribution in [0.2, 0.25) is 0 Å². The number of carbonyl (C=O) groups is 1. The predicted molar refractivity (Wildman–Crippen MR) is 64.1 cm³/mol. The molecule has 1 fully saturated rings. The molecule has 1 heterocycles. The maximum Gasteiger partial charge on any atom is 0.337 e. The molecule has 1 aromatic rings. The van der Waals surface area contributed by atoms with E-state index in [1.165, 1.54) is 0 Å². The summed E-state index contributed by atoms with van der Waals surface area (Å²) < 4.78 is 15.0. The molecule has 19 heavy (non-hydrogen) atoms. The van der Waals surface area contributed by atoms with Gasteiger partial charge in [0, 0.05) is 5.56 Å². The molecule has 0 bridgehead atoms. The zero-order valence-electron chi connectivity index (χ0n) is 10.5. The maximum absolute atomic E-state index is 11.1. The van der Waals surface area contributed by atoms with E-state index in [0.717, 1.165) is 12.7 Å². The third-order valence-corrected chi connectivity index (χ3v) is 2.91. The fourth-order valence-corrected chi connectivity index (χ4v) is 1.83. The van der Waals surface area contributed by atoms with E-state index in [4.69, 9.17) is 9.47 Å². The normalized spacial score (nSPS) is 19.1. The van der Waals surface area contributed by atoms with Gasteiger partial charge in [0.15, 0.2) is 12.4 Å². The molecule has 1 aliphatic rings. The lowest BCUT2D eigenvalue weighted by Crippen LogP contribution is -2.29. The summed E-state index contributed by atoms with van der Waals surface area (Å²) >= 11 is 0. The summed E-state index contributed by atoms with van der Waals surface area (Å²) in [6, 6.07) is 6.66. The van der Waals surface area contributed by atoms with Crippen LogP contribution in [-0.2, 0) is 19.0 Å². The van der Waals surface area contributed by atoms with Crippen molar-refractivity contribution >= 4 is 5.97 Å². The standard InChI is InChI=1S/C13H16O6/c1-17-12(16)11(15)10(14)8-2-4-9(5-3-8)13-18-6-7-19-13/h2-5,10-11,13-15H,6-7H2,1H3. The first-order chi connectivity index (χ1) is 9.13. The van der Waals surface area contributed by atoms with Gasteiger partial charge >= 0.3 is 5.97 Å². The van der Waals surface area contributed by atoms with Crippen LogP contribution in [0, 0.1) is 0 Å². The van der Waals surface area contributed by atoms with Gasteiger partial charge in [-0.3, -0.25) is 0 Å². The molecule has 1 aromatic carbocycles. The minimum atomic E-state index is -1.60. The lowest BCUT2D eigenvalue weighted by atomic mass is 10.0. The van der Waals surface area contributed by atoms with E-state index >= 15 is 0 Å². The number of esters is 1. The van der Waals surface area contributed by atoms with E-state index in [2.05, 4.69) is 4.74 Å². The van der Waals surface area contributed by atoms with Crippen molar-refractivity contribution in [1.29, 1.82) is 0 Å². The van der Waals surface area contributed by atoms with Crippen LogP contribution < -0.4 is 0 Å². The smallest absolute Gasteiger partial charge is 0.337 e. The second kappa shape index (κ2) is 6.12. The number of aliphatic hydroxyl groups excluding tert-OH is 2. The quantitative estimate of drug-likeness (QED) is 0.764. The first kappa shape index (κ1) is 14.0. The third-order valence-electron chi connectivity index (χ3n) is 2.91. The van der Waals surface area contributed by atoms with Gasteiger partial charge in [0.1, 0.15) is 6.10 Å². The molecule has 0 saturated carbocycles. The Labute approximate surface area is 110 Å². The number of rotatable bonds is 4. The monoisotopic (exact) mass is 268 g/mol. The van der Waals surface area contributed by atoms with Gasteiger partial charge in [0.2, 0.25) is 0 Å². The average molecular weight is 268 g/mol. The zero-order chi connectivity index (χ0) is 13.8. The van der Waals surface area contributed by atoms with Crippen molar-refractivity contribution in [1.82, 2.24) is 0 Å². The SMILES string of the molecule is COC(=O)C(O)C(O)c1ccc(C2OCCO2)cc1. The Kier molecular flexibility index (Phi) is 4.49. The van der Waals surface area contributed by atoms with Gasteiger partial charge in [0.25, 0.3) is 0 Å². The van der Waals surface area contributed by atoms with Crippen LogP contribution >= 0.6 is 0 Å². The molecule has 104 valence electrons. The summed E-state index contributed by atoms with van der Waals surface area (Å²) in [6.45, 7) is 1.10. The summed E-state index contributed by atoms with van der Waals surface area (Å²) in [5, 5.41) is 19.4. The molecule has 2 rings (SSSR count). The number of aliphatic hydroxyl groups is 2. The van der Waals surface area contributed by atoms with Gasteiger partial charge in [-0.15, -0.1) is 0 Å². The Bertz CT molecular complexity index is 423. The summed E-state index contributed by atoms with van der Waals surface area (Å²) in [7, 11) is 1.15. The van der Waals surface area contributed by atoms with Crippen LogP contribution in [0.4, 0.5) is 0 Å². The molecule has 0 radical (unpaired) electrons. The fourth-order valence-electron chi connectivity index (χ4n) is 1.83. The average Bonchev–Trinajstić information content (AvgIpc) is 2.99. The van der Waals surface area contributed by atoms with Gasteiger partial charge in [-0.2, -0.15) is 0 Å². The molecule has 2 N–H and O–H groups in total. The molecule has 0 amide bonds. The maximum atomic E-state index is 11.1. The number of ether oxygens (including phenoxy) is 3. The third kappa shape index (κ3) is 3.10. The summed E-state index contributed by atoms with van der Waals surface area (Å²) in [5.41, 5.74) is 1.24. The Morgan fingerprint density at radius 3 is 2.37 bits per heavy atom. The van der Waals surface area contributed by atoms with E-state index in [-0.39, 0.29) is 0 Å². The Morgan fingerprint density at radius 2 is 1.84 bits per heavy atom. The van der Waals surface area contributed by atoms with Gasteiger partial charge in [0.05, 0.1) is 20.3 Å². The lowest BCUT2D eigenvalue weighted by Gasteiger charge is -2.17. The van der Waals surface area contributed by atoms with Gasteiger partial charge in [-0.05, 0) is 5.56 Å². The van der Waals surface area contributed by atoms with Crippen molar-refractivity contribution in [2.45, 2.75) is 18.5 Å². The van der Waals surface area contributed by atoms with Crippen LogP contribution in [0.1, 0.15) is 23.5 Å². The van der Waals surface area contributed by atoms with Crippen molar-refractivity contribution in [3.8, 4) is 0 Å². The summed E-state index contributed by atoms with van der Waals surface area (Å²) in [6.07, 6.45) is -3.32. The molecule has 0 spiro atoms. The minimum absolute atomic E-state index is 0.392. The number of carbonyl (C=O) groups excluding carboxylic acids is 1. The highest BCUT2D eigenvalue weighted by molar-refractivity contribution is 5.75. The molecule has 2 unspecified atom stereocenters. The van der Waals surface area contributed by atoms with E-state index in [0.29, 0.717) is 18.8 Å². The highest BCUT2D eigenvalue weighted by Gasteiger charge is 2.27. The van der Waals surface area contributed by atoms with Crippen molar-refractivity contribution < 1.29 is 29.2 Å². The Morgan fingerprint density at radius 1 is 1.26 bits per heavy atom. The highest BCUT2D eigenvalue weighted by atomic mass is 16.7. The second-order valence-corrected chi connectivity index (χ2v) is 4.15. The fraction of sp³-hybridized carbons (Fsp3) is 0.462. The lowest BCUT2D eigenvalue weighted by molar-refractivity contribution is -0.156. The van der Waals surface area contributed by atoms with Crippen molar-refractivity contribution in [3.05, 3.63) is 35.4 Å². The van der Waals surface area contributed by atoms with Crippen molar-refractivity contribution in [3.63, 3.8) is 0 Å². The Balaban J connectivity index is 2.06. The van der Waals surface area contributed by atoms with Crippen molar-refractivity contribution in [2.24, 2.45) is 0 Å². The first-order valence-corrected chi connectivity index (χ1v) is 5.90. The molecule has 0 aliphatic carbocycles. The van der Waals surface area contributed by atoms with Crippen LogP contribution in [0.25, 0.3) is 0 Å². The van der Waals surface area contributed by atoms with Crippen LogP contribution in [0.3, 0.4) is 0 Å². The van der Waals surface area contributed by atoms with E-state index in [1.54, 1.807) is 24.3 Å². The van der Waals surface area contributed by atoms with E-state index in [9.17, 15) is 15.0 Å². The number of hydrogen-bond acceptors (Lipinski definition) is 6. The molecule has 6 heteroatoms. The van der Waals surface area contributed by atoms with E-state index in [1.807, 2.05) is 0 Å². The van der Waals surface area contributed by atoms with E-state index < -0.39 is 24.5 Å². The number of hydrogen-bond donors (Lipinski definition) is 2. The Hall–Kier alpha value is -1.47. The van der Waals surface area contributed by atoms with Gasteiger partial charge < -0.3 is 24.4 Å². The van der Waals surface area contributed by atoms with Gasteiger partial charge in [-0.1, -0.05) is 24.3 Å². The number of methoxy groups -OCH3 is 1. The highest BCUT2D eigenvalue weighted by Crippen LogP contribution is 2.25. The number of benzene rings is 1. The van der Waals surface area contributed by atoms with Crippen LogP contribution in [0.15, 0.2) is 24.3 Å². The molecule has 6 nitrogen and oxygen atoms in total. The van der Waals surface area contributed by atoms with Gasteiger partial charge in [-0.25, -0.2) is 4.79 Å². The largest absolute Gasteiger partial charge is 0.467 e. The first-order valence-electron chi connectivity index (χ1n) is 5.90. The predicted octanol–water partition coefficient (Wildman–Crippen LogP) is 0.299. The molecular weight excluding hydrogens is 252 g/mol. The molecule has 0 aromatic heterocycles. The molecule has 1 aliphatic heterocycles. The second-order valence-electron chi connectivity index (χ2n) is 4.15. The van der Waals surface area contributed by atoms with Crippen LogP contribution in [-0.4, -0.2) is 42.6 Å². The van der Waals surface area contributed by atoms with Crippen LogP contribution in [0.5, 0.6) is 0 Å². The summed E-state index contributed by atoms with van der Waals surface area (Å²) in [4.78, 5) is 11.1.